The molecule has 0 atom stereocenters. The molecule has 0 aromatic heterocycles. The molecular formula is C3H10N4O3+2. The Bertz CT molecular complexity index is 119. The van der Waals surface area contributed by atoms with Crippen LogP contribution in [0, 0.1) is 0 Å². The Labute approximate surface area is 57.2 Å². The Kier molecular flexibility index (Phi) is 1.06. The predicted octanol–water partition coefficient (Wildman–Crippen LogP) is -1.94. The molecule has 4 N–H and O–H groups in total. The van der Waals surface area contributed by atoms with E-state index in [2.05, 4.69) is 0 Å². The number of nitrogens with zero attached hydrogens (tertiary/aromatic N) is 2. The summed E-state index contributed by atoms with van der Waals surface area (Å²) in [4.78, 5) is 14.7. The predicted molar refractivity (Wildman–Crippen MR) is 26.8 cm³/mol. The fourth-order valence-electron chi connectivity index (χ4n) is 0.810. The van der Waals surface area contributed by atoms with Crippen molar-refractivity contribution in [1.82, 2.24) is 0 Å². The molecule has 2 bridgehead atoms. The first kappa shape index (κ1) is 6.43. The summed E-state index contributed by atoms with van der Waals surface area (Å²) in [7, 11) is 0. The molecule has 3 saturated heterocycles. The zero-order valence-electron chi connectivity index (χ0n) is 5.40. The van der Waals surface area contributed by atoms with Gasteiger partial charge >= 0.3 is 0 Å². The number of rotatable bonds is 0. The summed E-state index contributed by atoms with van der Waals surface area (Å²) >= 11 is 0. The van der Waals surface area contributed by atoms with Crippen molar-refractivity contribution in [3.8, 4) is 0 Å². The number of hydrogen-bond donors (Lipinski definition) is 2. The van der Waals surface area contributed by atoms with E-state index in [1.54, 1.807) is 0 Å². The third-order valence-electron chi connectivity index (χ3n) is 1.48. The van der Waals surface area contributed by atoms with Crippen molar-refractivity contribution in [2.24, 2.45) is 11.7 Å². The summed E-state index contributed by atoms with van der Waals surface area (Å²) < 4.78 is 0.108. The maximum absolute atomic E-state index is 5.65. The maximum atomic E-state index is 5.65. The van der Waals surface area contributed by atoms with Crippen LogP contribution in [0.1, 0.15) is 0 Å². The molecule has 0 saturated carbocycles. The van der Waals surface area contributed by atoms with Crippen LogP contribution in [-0.4, -0.2) is 29.9 Å². The second kappa shape index (κ2) is 1.66. The molecule has 3 heterocycles. The molecule has 3 aliphatic heterocycles. The number of nitrogens with two attached hydrogens (primary N) is 2. The standard InChI is InChI=1S/C3H10N4O3/c4-6-1-8-7(5,9-2-6)10-3-6/h1-5H2/q+2. The van der Waals surface area contributed by atoms with Gasteiger partial charge in [0.2, 0.25) is 0 Å². The lowest BCUT2D eigenvalue weighted by atomic mass is 10.8. The molecule has 0 radical (unpaired) electrons. The molecule has 10 heavy (non-hydrogen) atoms. The number of fused-ring (bicyclic) bond motifs is 3. The molecule has 3 rings (SSSR count). The van der Waals surface area contributed by atoms with Gasteiger partial charge in [0.05, 0.1) is 0 Å². The van der Waals surface area contributed by atoms with Crippen molar-refractivity contribution in [3.05, 3.63) is 0 Å². The molecule has 0 spiro atoms. The maximum Gasteiger partial charge on any atom is 0.268 e. The van der Waals surface area contributed by atoms with Gasteiger partial charge in [-0.25, -0.2) is 0 Å². The van der Waals surface area contributed by atoms with E-state index in [4.69, 9.17) is 26.2 Å². The quantitative estimate of drug-likeness (QED) is 0.310. The monoisotopic (exact) mass is 150 g/mol. The Morgan fingerprint density at radius 1 is 0.900 bits per heavy atom. The van der Waals surface area contributed by atoms with E-state index in [1.165, 1.54) is 0 Å². The summed E-state index contributed by atoms with van der Waals surface area (Å²) in [5, 5.41) is -0.725. The van der Waals surface area contributed by atoms with Crippen molar-refractivity contribution in [3.63, 3.8) is 0 Å². The number of hydrogen-bond acceptors (Lipinski definition) is 5. The molecule has 0 aliphatic carbocycles. The van der Waals surface area contributed by atoms with Crippen LogP contribution in [0.25, 0.3) is 0 Å². The van der Waals surface area contributed by atoms with Crippen LogP contribution < -0.4 is 11.7 Å². The Morgan fingerprint density at radius 3 is 1.60 bits per heavy atom. The van der Waals surface area contributed by atoms with Crippen LogP contribution in [0.5, 0.6) is 0 Å². The normalized spacial score (nSPS) is 53.4. The van der Waals surface area contributed by atoms with Crippen LogP contribution in [0.15, 0.2) is 0 Å². The van der Waals surface area contributed by atoms with Crippen molar-refractivity contribution < 1.29 is 24.2 Å². The molecule has 7 heteroatoms. The summed E-state index contributed by atoms with van der Waals surface area (Å²) in [5.74, 6) is 11.0. The molecule has 3 fully saturated rings. The minimum absolute atomic E-state index is 0.108. The second-order valence-corrected chi connectivity index (χ2v) is 2.53. The van der Waals surface area contributed by atoms with E-state index in [-0.39, 0.29) is 4.59 Å². The van der Waals surface area contributed by atoms with E-state index >= 15 is 0 Å². The van der Waals surface area contributed by atoms with Crippen molar-refractivity contribution in [2.45, 2.75) is 0 Å². The SMILES string of the molecule is N[N+]12CO[N+](N)(OC1)OC2. The van der Waals surface area contributed by atoms with E-state index in [9.17, 15) is 0 Å². The van der Waals surface area contributed by atoms with E-state index in [1.807, 2.05) is 0 Å². The third-order valence-corrected chi connectivity index (χ3v) is 1.48. The molecule has 7 nitrogen and oxygen atoms in total. The molecule has 0 aromatic rings. The highest BCUT2D eigenvalue weighted by atomic mass is 17.3. The first-order valence-electron chi connectivity index (χ1n) is 2.88. The Balaban J connectivity index is 2.16. The highest BCUT2D eigenvalue weighted by molar-refractivity contribution is 4.13. The van der Waals surface area contributed by atoms with Gasteiger partial charge in [-0.1, -0.05) is 5.84 Å². The second-order valence-electron chi connectivity index (χ2n) is 2.53. The Morgan fingerprint density at radius 2 is 1.30 bits per heavy atom. The molecule has 0 amide bonds. The first-order chi connectivity index (χ1) is 4.62. The lowest BCUT2D eigenvalue weighted by molar-refractivity contribution is -1.45. The van der Waals surface area contributed by atoms with Gasteiger partial charge in [0.25, 0.3) is 20.2 Å². The fourth-order valence-corrected chi connectivity index (χ4v) is 0.810. The van der Waals surface area contributed by atoms with Crippen LogP contribution in [0.2, 0.25) is 0 Å². The van der Waals surface area contributed by atoms with Gasteiger partial charge in [-0.3, -0.25) is 0 Å². The highest BCUT2D eigenvalue weighted by Crippen LogP contribution is 2.21. The molecular weight excluding hydrogens is 140 g/mol. The Hall–Kier alpha value is -0.280. The lowest BCUT2D eigenvalue weighted by Crippen LogP contribution is -2.76. The fraction of sp³-hybridized carbons (Fsp3) is 1.00. The van der Waals surface area contributed by atoms with Gasteiger partial charge in [0, 0.05) is 0 Å². The highest BCUT2D eigenvalue weighted by Gasteiger charge is 2.53. The van der Waals surface area contributed by atoms with Crippen LogP contribution in [0.3, 0.4) is 0 Å². The van der Waals surface area contributed by atoms with Crippen LogP contribution >= 0.6 is 0 Å². The molecule has 3 aliphatic rings. The number of quaternary nitrogens is 2. The van der Waals surface area contributed by atoms with Crippen molar-refractivity contribution in [2.75, 3.05) is 20.2 Å². The molecule has 0 unspecified atom stereocenters. The van der Waals surface area contributed by atoms with E-state index in [0.29, 0.717) is 20.2 Å². The first-order valence-corrected chi connectivity index (χ1v) is 2.88. The van der Waals surface area contributed by atoms with Gasteiger partial charge in [-0.15, -0.1) is 0 Å². The molecule has 0 aromatic carbocycles. The zero-order valence-corrected chi connectivity index (χ0v) is 5.40. The average Bonchev–Trinajstić information content (AvgIpc) is 1.93. The zero-order chi connectivity index (χ0) is 7.24. The molecule has 58 valence electrons. The van der Waals surface area contributed by atoms with E-state index in [0.717, 1.165) is 0 Å². The summed E-state index contributed by atoms with van der Waals surface area (Å²) in [5.41, 5.74) is 0. The van der Waals surface area contributed by atoms with E-state index < -0.39 is 5.08 Å². The van der Waals surface area contributed by atoms with Gasteiger partial charge in [0.15, 0.2) is 5.08 Å². The van der Waals surface area contributed by atoms with Gasteiger partial charge < -0.3 is 0 Å². The summed E-state index contributed by atoms with van der Waals surface area (Å²) in [6.07, 6.45) is 0. The van der Waals surface area contributed by atoms with Crippen LogP contribution in [0.4, 0.5) is 0 Å². The minimum atomic E-state index is -0.725. The van der Waals surface area contributed by atoms with Gasteiger partial charge in [0.1, 0.15) is 0 Å². The largest absolute Gasteiger partial charge is 0.268 e. The smallest absolute Gasteiger partial charge is 0.174 e. The van der Waals surface area contributed by atoms with Crippen molar-refractivity contribution >= 4 is 0 Å². The topological polar surface area (TPSA) is 79.7 Å². The minimum Gasteiger partial charge on any atom is -0.174 e. The summed E-state index contributed by atoms with van der Waals surface area (Å²) in [6, 6.07) is 0. The average molecular weight is 150 g/mol. The van der Waals surface area contributed by atoms with Crippen molar-refractivity contribution in [1.29, 1.82) is 0 Å². The van der Waals surface area contributed by atoms with Gasteiger partial charge in [-0.05, 0) is 14.5 Å². The lowest BCUT2D eigenvalue weighted by Gasteiger charge is -2.41. The van der Waals surface area contributed by atoms with Gasteiger partial charge in [-0.2, -0.15) is 10.4 Å². The third kappa shape index (κ3) is 0.812. The summed E-state index contributed by atoms with van der Waals surface area (Å²) in [6.45, 7) is 0.948. The van der Waals surface area contributed by atoms with Crippen LogP contribution in [-0.2, 0) is 14.5 Å².